The van der Waals surface area contributed by atoms with Crippen molar-refractivity contribution in [3.05, 3.63) is 41.9 Å². The second-order valence-electron chi connectivity index (χ2n) is 3.70. The van der Waals surface area contributed by atoms with E-state index in [4.69, 9.17) is 4.52 Å². The fourth-order valence-electron chi connectivity index (χ4n) is 1.39. The molecule has 1 aromatic heterocycles. The number of carbonyl (C=O) groups is 1. The van der Waals surface area contributed by atoms with Crippen molar-refractivity contribution < 1.29 is 13.7 Å². The van der Waals surface area contributed by atoms with Gasteiger partial charge < -0.3 is 15.2 Å². The normalized spacial score (nSPS) is 10.1. The number of nitrogens with zero attached hydrogens (tertiary/aromatic N) is 1. The van der Waals surface area contributed by atoms with Crippen LogP contribution >= 0.6 is 0 Å². The summed E-state index contributed by atoms with van der Waals surface area (Å²) in [5, 5.41) is 8.84. The number of halogens is 1. The van der Waals surface area contributed by atoms with Gasteiger partial charge in [0.15, 0.2) is 5.82 Å². The minimum atomic E-state index is -0.400. The van der Waals surface area contributed by atoms with Crippen molar-refractivity contribution in [3.8, 4) is 0 Å². The third-order valence-electron chi connectivity index (χ3n) is 2.21. The SMILES string of the molecule is Cc1cc(NC(=O)CNc2ccccc2F)no1. The number of hydrogen-bond donors (Lipinski definition) is 2. The fourth-order valence-corrected chi connectivity index (χ4v) is 1.39. The van der Waals surface area contributed by atoms with Crippen molar-refractivity contribution in [2.75, 3.05) is 17.2 Å². The van der Waals surface area contributed by atoms with Gasteiger partial charge in [-0.25, -0.2) is 4.39 Å². The molecular formula is C12H12FN3O2. The van der Waals surface area contributed by atoms with E-state index in [0.717, 1.165) is 0 Å². The maximum atomic E-state index is 13.2. The zero-order chi connectivity index (χ0) is 13.0. The molecule has 0 saturated carbocycles. The maximum absolute atomic E-state index is 13.2. The Kier molecular flexibility index (Phi) is 3.57. The Morgan fingerprint density at radius 2 is 2.22 bits per heavy atom. The molecule has 0 bridgehead atoms. The fraction of sp³-hybridized carbons (Fsp3) is 0.167. The van der Waals surface area contributed by atoms with E-state index in [1.165, 1.54) is 6.07 Å². The Bertz CT molecular complexity index is 554. The minimum absolute atomic E-state index is 0.0488. The molecule has 0 aliphatic rings. The lowest BCUT2D eigenvalue weighted by molar-refractivity contribution is -0.114. The summed E-state index contributed by atoms with van der Waals surface area (Å²) in [7, 11) is 0. The third kappa shape index (κ3) is 3.07. The van der Waals surface area contributed by atoms with Gasteiger partial charge in [-0.2, -0.15) is 0 Å². The molecule has 2 aromatic rings. The van der Waals surface area contributed by atoms with E-state index in [0.29, 0.717) is 11.6 Å². The monoisotopic (exact) mass is 249 g/mol. The third-order valence-corrected chi connectivity index (χ3v) is 2.21. The molecule has 0 aliphatic heterocycles. The van der Waals surface area contributed by atoms with Crippen LogP contribution in [-0.2, 0) is 4.79 Å². The molecule has 1 amide bonds. The molecule has 0 spiro atoms. The molecule has 94 valence electrons. The van der Waals surface area contributed by atoms with E-state index in [-0.39, 0.29) is 18.1 Å². The number of rotatable bonds is 4. The van der Waals surface area contributed by atoms with Crippen LogP contribution < -0.4 is 10.6 Å². The van der Waals surface area contributed by atoms with Crippen molar-refractivity contribution in [2.24, 2.45) is 0 Å². The standard InChI is InChI=1S/C12H12FN3O2/c1-8-6-11(16-18-8)15-12(17)7-14-10-5-3-2-4-9(10)13/h2-6,14H,7H2,1H3,(H,15,16,17). The Morgan fingerprint density at radius 3 is 2.89 bits per heavy atom. The lowest BCUT2D eigenvalue weighted by Crippen LogP contribution is -2.22. The number of aryl methyl sites for hydroxylation is 1. The summed E-state index contributed by atoms with van der Waals surface area (Å²) >= 11 is 0. The van der Waals surface area contributed by atoms with Crippen molar-refractivity contribution in [1.82, 2.24) is 5.16 Å². The topological polar surface area (TPSA) is 67.2 Å². The first-order valence-electron chi connectivity index (χ1n) is 5.37. The highest BCUT2D eigenvalue weighted by Gasteiger charge is 2.07. The molecule has 0 fully saturated rings. The summed E-state index contributed by atoms with van der Waals surface area (Å²) in [5.41, 5.74) is 0.281. The van der Waals surface area contributed by atoms with E-state index in [9.17, 15) is 9.18 Å². The van der Waals surface area contributed by atoms with E-state index in [1.54, 1.807) is 31.2 Å². The predicted octanol–water partition coefficient (Wildman–Crippen LogP) is 2.17. The average molecular weight is 249 g/mol. The lowest BCUT2D eigenvalue weighted by Gasteiger charge is -2.06. The van der Waals surface area contributed by atoms with Gasteiger partial charge in [0.05, 0.1) is 12.2 Å². The summed E-state index contributed by atoms with van der Waals surface area (Å²) < 4.78 is 18.1. The van der Waals surface area contributed by atoms with Crippen LogP contribution in [0.2, 0.25) is 0 Å². The number of hydrogen-bond acceptors (Lipinski definition) is 4. The van der Waals surface area contributed by atoms with Crippen LogP contribution in [0.5, 0.6) is 0 Å². The van der Waals surface area contributed by atoms with Gasteiger partial charge in [-0.3, -0.25) is 4.79 Å². The van der Waals surface area contributed by atoms with Crippen LogP contribution in [0, 0.1) is 12.7 Å². The van der Waals surface area contributed by atoms with Crippen LogP contribution in [0.4, 0.5) is 15.9 Å². The van der Waals surface area contributed by atoms with E-state index >= 15 is 0 Å². The number of anilines is 2. The summed E-state index contributed by atoms with van der Waals surface area (Å²) in [6, 6.07) is 7.74. The highest BCUT2D eigenvalue weighted by atomic mass is 19.1. The molecule has 0 radical (unpaired) electrons. The van der Waals surface area contributed by atoms with Crippen LogP contribution in [-0.4, -0.2) is 17.6 Å². The van der Waals surface area contributed by atoms with Gasteiger partial charge in [-0.05, 0) is 19.1 Å². The molecule has 18 heavy (non-hydrogen) atoms. The van der Waals surface area contributed by atoms with Crippen LogP contribution in [0.3, 0.4) is 0 Å². The van der Waals surface area contributed by atoms with Crippen LogP contribution in [0.25, 0.3) is 0 Å². The molecule has 2 N–H and O–H groups in total. The van der Waals surface area contributed by atoms with Gasteiger partial charge in [0.25, 0.3) is 0 Å². The van der Waals surface area contributed by atoms with Crippen molar-refractivity contribution in [2.45, 2.75) is 6.92 Å². The van der Waals surface area contributed by atoms with Crippen molar-refractivity contribution in [3.63, 3.8) is 0 Å². The number of carbonyl (C=O) groups excluding carboxylic acids is 1. The minimum Gasteiger partial charge on any atom is -0.374 e. The highest BCUT2D eigenvalue weighted by Crippen LogP contribution is 2.12. The quantitative estimate of drug-likeness (QED) is 0.871. The number of amides is 1. The first-order valence-corrected chi connectivity index (χ1v) is 5.37. The summed E-state index contributed by atoms with van der Waals surface area (Å²) in [6.45, 7) is 1.67. The molecule has 2 rings (SSSR count). The van der Waals surface area contributed by atoms with Crippen molar-refractivity contribution >= 4 is 17.4 Å². The summed E-state index contributed by atoms with van der Waals surface area (Å²) in [5.74, 6) is 0.217. The zero-order valence-corrected chi connectivity index (χ0v) is 9.74. The summed E-state index contributed by atoms with van der Waals surface area (Å²) in [4.78, 5) is 11.5. The first kappa shape index (κ1) is 12.1. The average Bonchev–Trinajstić information content (AvgIpc) is 2.74. The van der Waals surface area contributed by atoms with Gasteiger partial charge in [0.1, 0.15) is 11.6 Å². The number of aromatic nitrogens is 1. The smallest absolute Gasteiger partial charge is 0.244 e. The molecule has 0 atom stereocenters. The molecular weight excluding hydrogens is 237 g/mol. The number of para-hydroxylation sites is 1. The molecule has 0 aliphatic carbocycles. The zero-order valence-electron chi connectivity index (χ0n) is 9.74. The summed E-state index contributed by atoms with van der Waals surface area (Å²) in [6.07, 6.45) is 0. The Balaban J connectivity index is 1.87. The van der Waals surface area contributed by atoms with Gasteiger partial charge in [-0.15, -0.1) is 0 Å². The van der Waals surface area contributed by atoms with Crippen molar-refractivity contribution in [1.29, 1.82) is 0 Å². The predicted molar refractivity (Wildman–Crippen MR) is 64.8 cm³/mol. The molecule has 0 saturated heterocycles. The van der Waals surface area contributed by atoms with Gasteiger partial charge in [-0.1, -0.05) is 17.3 Å². The molecule has 1 heterocycles. The van der Waals surface area contributed by atoms with Crippen LogP contribution in [0.1, 0.15) is 5.76 Å². The van der Waals surface area contributed by atoms with E-state index < -0.39 is 5.82 Å². The Morgan fingerprint density at radius 1 is 1.44 bits per heavy atom. The Labute approximate surface area is 103 Å². The molecule has 6 heteroatoms. The molecule has 5 nitrogen and oxygen atoms in total. The lowest BCUT2D eigenvalue weighted by atomic mass is 10.3. The second-order valence-corrected chi connectivity index (χ2v) is 3.70. The highest BCUT2D eigenvalue weighted by molar-refractivity contribution is 5.92. The van der Waals surface area contributed by atoms with Crippen LogP contribution in [0.15, 0.2) is 34.9 Å². The van der Waals surface area contributed by atoms with Gasteiger partial charge in [0, 0.05) is 6.07 Å². The van der Waals surface area contributed by atoms with E-state index in [2.05, 4.69) is 15.8 Å². The van der Waals surface area contributed by atoms with E-state index in [1.807, 2.05) is 0 Å². The molecule has 0 unspecified atom stereocenters. The number of benzene rings is 1. The molecule has 1 aromatic carbocycles. The maximum Gasteiger partial charge on any atom is 0.244 e. The van der Waals surface area contributed by atoms with Gasteiger partial charge in [0.2, 0.25) is 5.91 Å². The number of nitrogens with one attached hydrogen (secondary N) is 2. The second kappa shape index (κ2) is 5.31. The largest absolute Gasteiger partial charge is 0.374 e. The Hall–Kier alpha value is -2.37. The van der Waals surface area contributed by atoms with Gasteiger partial charge >= 0.3 is 0 Å². The first-order chi connectivity index (χ1) is 8.65.